The molecule has 0 radical (unpaired) electrons. The minimum atomic E-state index is 0.194. The van der Waals surface area contributed by atoms with Crippen LogP contribution in [0, 0.1) is 5.41 Å². The number of hydrogen-bond donors (Lipinski definition) is 1. The van der Waals surface area contributed by atoms with E-state index in [-0.39, 0.29) is 5.54 Å². The molecule has 0 aliphatic heterocycles. The molecule has 0 unspecified atom stereocenters. The predicted molar refractivity (Wildman–Crippen MR) is 88.9 cm³/mol. The molecule has 1 aromatic rings. The van der Waals surface area contributed by atoms with Crippen LogP contribution in [0.5, 0.6) is 0 Å². The lowest BCUT2D eigenvalue weighted by Gasteiger charge is -2.40. The largest absolute Gasteiger partial charge is 0.312 e. The first-order valence-electron chi connectivity index (χ1n) is 7.73. The third kappa shape index (κ3) is 4.85. The Morgan fingerprint density at radius 3 is 2.50 bits per heavy atom. The van der Waals surface area contributed by atoms with E-state index in [1.165, 1.54) is 37.7 Å². The van der Waals surface area contributed by atoms with Crippen LogP contribution in [0.15, 0.2) is 22.9 Å². The van der Waals surface area contributed by atoms with Crippen molar-refractivity contribution in [3.63, 3.8) is 0 Å². The molecule has 1 saturated carbocycles. The summed E-state index contributed by atoms with van der Waals surface area (Å²) < 4.78 is 1.09. The zero-order valence-corrected chi connectivity index (χ0v) is 14.6. The van der Waals surface area contributed by atoms with Gasteiger partial charge in [-0.3, -0.25) is 4.98 Å². The van der Waals surface area contributed by atoms with Crippen molar-refractivity contribution in [1.82, 2.24) is 10.3 Å². The van der Waals surface area contributed by atoms with Gasteiger partial charge in [0, 0.05) is 29.0 Å². The maximum Gasteiger partial charge on any atom is 0.0410 e. The van der Waals surface area contributed by atoms with Crippen LogP contribution in [0.1, 0.15) is 58.4 Å². The minimum absolute atomic E-state index is 0.194. The molecule has 1 fully saturated rings. The van der Waals surface area contributed by atoms with Gasteiger partial charge in [0.2, 0.25) is 0 Å². The number of aromatic nitrogens is 1. The fraction of sp³-hybridized carbons (Fsp3) is 0.706. The molecule has 1 aliphatic carbocycles. The number of hydrogen-bond acceptors (Lipinski definition) is 2. The van der Waals surface area contributed by atoms with Crippen LogP contribution >= 0.6 is 15.9 Å². The second kappa shape index (κ2) is 6.57. The maximum absolute atomic E-state index is 4.32. The molecule has 0 aromatic carbocycles. The van der Waals surface area contributed by atoms with Gasteiger partial charge in [-0.2, -0.15) is 0 Å². The molecule has 2 nitrogen and oxygen atoms in total. The van der Waals surface area contributed by atoms with Crippen molar-refractivity contribution >= 4 is 15.9 Å². The van der Waals surface area contributed by atoms with Crippen LogP contribution < -0.4 is 5.32 Å². The summed E-state index contributed by atoms with van der Waals surface area (Å²) in [7, 11) is 0. The van der Waals surface area contributed by atoms with E-state index in [1.807, 2.05) is 12.4 Å². The lowest BCUT2D eigenvalue weighted by molar-refractivity contribution is 0.165. The zero-order chi connectivity index (χ0) is 14.6. The Labute approximate surface area is 131 Å². The zero-order valence-electron chi connectivity index (χ0n) is 13.0. The first-order valence-corrected chi connectivity index (χ1v) is 8.52. The van der Waals surface area contributed by atoms with Crippen LogP contribution in [-0.4, -0.2) is 17.1 Å². The normalized spacial score (nSPS) is 19.0. The second-order valence-electron chi connectivity index (χ2n) is 7.35. The van der Waals surface area contributed by atoms with E-state index in [1.54, 1.807) is 0 Å². The Balaban J connectivity index is 2.10. The van der Waals surface area contributed by atoms with E-state index >= 15 is 0 Å². The van der Waals surface area contributed by atoms with Gasteiger partial charge < -0.3 is 5.32 Å². The topological polar surface area (TPSA) is 24.9 Å². The number of nitrogens with zero attached hydrogens (tertiary/aromatic N) is 1. The first kappa shape index (κ1) is 16.0. The SMILES string of the molecule is CC(C)(C)NCC1(Cc2cncc(Br)c2)CCCCC1. The van der Waals surface area contributed by atoms with Crippen molar-refractivity contribution in [2.24, 2.45) is 5.41 Å². The van der Waals surface area contributed by atoms with Crippen LogP contribution in [0.2, 0.25) is 0 Å². The summed E-state index contributed by atoms with van der Waals surface area (Å²) in [6.45, 7) is 7.88. The van der Waals surface area contributed by atoms with E-state index < -0.39 is 0 Å². The lowest BCUT2D eigenvalue weighted by atomic mass is 9.70. The Hall–Kier alpha value is -0.410. The van der Waals surface area contributed by atoms with Crippen LogP contribution in [0.25, 0.3) is 0 Å². The highest BCUT2D eigenvalue weighted by Crippen LogP contribution is 2.39. The summed E-state index contributed by atoms with van der Waals surface area (Å²) in [5.74, 6) is 0. The van der Waals surface area contributed by atoms with E-state index in [2.05, 4.69) is 53.1 Å². The fourth-order valence-corrected chi connectivity index (χ4v) is 3.57. The van der Waals surface area contributed by atoms with E-state index in [4.69, 9.17) is 0 Å². The van der Waals surface area contributed by atoms with Crippen LogP contribution in [0.4, 0.5) is 0 Å². The molecule has 2 rings (SSSR count). The smallest absolute Gasteiger partial charge is 0.0410 e. The summed E-state index contributed by atoms with van der Waals surface area (Å²) in [6.07, 6.45) is 11.8. The number of pyridine rings is 1. The summed E-state index contributed by atoms with van der Waals surface area (Å²) in [6, 6.07) is 2.22. The molecule has 112 valence electrons. The van der Waals surface area contributed by atoms with Crippen molar-refractivity contribution < 1.29 is 0 Å². The molecule has 0 atom stereocenters. The number of rotatable bonds is 4. The molecule has 0 spiro atoms. The number of halogens is 1. The highest BCUT2D eigenvalue weighted by Gasteiger charge is 2.33. The van der Waals surface area contributed by atoms with Crippen molar-refractivity contribution in [3.8, 4) is 0 Å². The molecule has 1 heterocycles. The minimum Gasteiger partial charge on any atom is -0.312 e. The molecule has 0 amide bonds. The van der Waals surface area contributed by atoms with Crippen LogP contribution in [-0.2, 0) is 6.42 Å². The molecule has 0 bridgehead atoms. The van der Waals surface area contributed by atoms with E-state index in [9.17, 15) is 0 Å². The first-order chi connectivity index (χ1) is 9.39. The Bertz CT molecular complexity index is 431. The highest BCUT2D eigenvalue weighted by atomic mass is 79.9. The second-order valence-corrected chi connectivity index (χ2v) is 8.27. The molecular formula is C17H27BrN2. The maximum atomic E-state index is 4.32. The van der Waals surface area contributed by atoms with Crippen molar-refractivity contribution in [1.29, 1.82) is 0 Å². The quantitative estimate of drug-likeness (QED) is 0.858. The average Bonchev–Trinajstić information content (AvgIpc) is 2.37. The van der Waals surface area contributed by atoms with E-state index in [0.717, 1.165) is 17.4 Å². The monoisotopic (exact) mass is 338 g/mol. The molecule has 0 saturated heterocycles. The summed E-state index contributed by atoms with van der Waals surface area (Å²) >= 11 is 3.54. The van der Waals surface area contributed by atoms with Crippen molar-refractivity contribution in [2.75, 3.05) is 6.54 Å². The highest BCUT2D eigenvalue weighted by molar-refractivity contribution is 9.10. The summed E-state index contributed by atoms with van der Waals surface area (Å²) in [4.78, 5) is 4.32. The number of nitrogens with one attached hydrogen (secondary N) is 1. The summed E-state index contributed by atoms with van der Waals surface area (Å²) in [5.41, 5.74) is 1.96. The van der Waals surface area contributed by atoms with Gasteiger partial charge in [0.05, 0.1) is 0 Å². The van der Waals surface area contributed by atoms with Gasteiger partial charge >= 0.3 is 0 Å². The van der Waals surface area contributed by atoms with Crippen LogP contribution in [0.3, 0.4) is 0 Å². The molecule has 3 heteroatoms. The Morgan fingerprint density at radius 2 is 1.90 bits per heavy atom. The molecular weight excluding hydrogens is 312 g/mol. The summed E-state index contributed by atoms with van der Waals surface area (Å²) in [5, 5.41) is 3.74. The average molecular weight is 339 g/mol. The van der Waals surface area contributed by atoms with Gasteiger partial charge in [-0.25, -0.2) is 0 Å². The molecule has 20 heavy (non-hydrogen) atoms. The van der Waals surface area contributed by atoms with Gasteiger partial charge in [0.25, 0.3) is 0 Å². The predicted octanol–water partition coefficient (Wildman–Crippen LogP) is 4.73. The third-order valence-corrected chi connectivity index (χ3v) is 4.68. The molecule has 1 N–H and O–H groups in total. The van der Waals surface area contributed by atoms with Gasteiger partial charge in [-0.05, 0) is 73.0 Å². The third-order valence-electron chi connectivity index (χ3n) is 4.25. The van der Waals surface area contributed by atoms with Gasteiger partial charge in [0.1, 0.15) is 0 Å². The standard InChI is InChI=1S/C17H27BrN2/c1-16(2,3)20-13-17(7-5-4-6-8-17)10-14-9-15(18)12-19-11-14/h9,11-12,20H,4-8,10,13H2,1-3H3. The fourth-order valence-electron chi connectivity index (χ4n) is 3.16. The van der Waals surface area contributed by atoms with Crippen molar-refractivity contribution in [2.45, 2.75) is 64.8 Å². The Morgan fingerprint density at radius 1 is 1.20 bits per heavy atom. The van der Waals surface area contributed by atoms with Gasteiger partial charge in [-0.1, -0.05) is 19.3 Å². The van der Waals surface area contributed by atoms with E-state index in [0.29, 0.717) is 5.41 Å². The van der Waals surface area contributed by atoms with Crippen molar-refractivity contribution in [3.05, 3.63) is 28.5 Å². The Kier molecular flexibility index (Phi) is 5.25. The lowest BCUT2D eigenvalue weighted by Crippen LogP contribution is -2.45. The van der Waals surface area contributed by atoms with Gasteiger partial charge in [-0.15, -0.1) is 0 Å². The molecule has 1 aliphatic rings. The van der Waals surface area contributed by atoms with Gasteiger partial charge in [0.15, 0.2) is 0 Å². The molecule has 1 aromatic heterocycles.